The summed E-state index contributed by atoms with van der Waals surface area (Å²) in [5.41, 5.74) is -1.11. The molecule has 0 saturated carbocycles. The van der Waals surface area contributed by atoms with Gasteiger partial charge in [0.15, 0.2) is 0 Å². The topological polar surface area (TPSA) is 84.9 Å². The van der Waals surface area contributed by atoms with E-state index in [1.807, 2.05) is 0 Å². The van der Waals surface area contributed by atoms with E-state index in [9.17, 15) is 14.4 Å². The van der Waals surface area contributed by atoms with Crippen LogP contribution in [-0.4, -0.2) is 54.2 Å². The Morgan fingerprint density at radius 1 is 0.958 bits per heavy atom. The Morgan fingerprint density at radius 3 is 2.00 bits per heavy atom. The number of carbonyl (C=O) groups is 3. The molecule has 0 atom stereocenters. The number of ether oxygens (including phenoxy) is 2. The van der Waals surface area contributed by atoms with Gasteiger partial charge in [0, 0.05) is 26.1 Å². The molecule has 0 aromatic rings. The maximum Gasteiger partial charge on any atom is 0.410 e. The van der Waals surface area contributed by atoms with Crippen molar-refractivity contribution in [2.24, 2.45) is 0 Å². The first kappa shape index (κ1) is 22.2. The summed E-state index contributed by atoms with van der Waals surface area (Å²) in [5, 5.41) is 2.65. The summed E-state index contributed by atoms with van der Waals surface area (Å²) >= 11 is 0. The molecule has 0 aliphatic rings. The van der Waals surface area contributed by atoms with Gasteiger partial charge in [-0.2, -0.15) is 0 Å². The molecule has 0 saturated heterocycles. The first-order chi connectivity index (χ1) is 10.9. The lowest BCUT2D eigenvalue weighted by Crippen LogP contribution is -2.39. The molecule has 24 heavy (non-hydrogen) atoms. The Labute approximate surface area is 145 Å². The minimum atomic E-state index is -0.575. The van der Waals surface area contributed by atoms with Crippen molar-refractivity contribution in [1.29, 1.82) is 0 Å². The van der Waals surface area contributed by atoms with Crippen molar-refractivity contribution in [3.8, 4) is 0 Å². The molecule has 0 unspecified atom stereocenters. The second-order valence-electron chi connectivity index (χ2n) is 7.56. The SMILES string of the molecule is CC(C)(C)OC(=O)NCCCN(CCCC=O)C(=O)OC(C)(C)C. The van der Waals surface area contributed by atoms with E-state index < -0.39 is 23.4 Å². The molecule has 0 aliphatic carbocycles. The van der Waals surface area contributed by atoms with Gasteiger partial charge in [0.05, 0.1) is 0 Å². The Kier molecular flexibility index (Phi) is 9.40. The Hall–Kier alpha value is -1.79. The van der Waals surface area contributed by atoms with Crippen LogP contribution < -0.4 is 5.32 Å². The number of alkyl carbamates (subject to hydrolysis) is 1. The zero-order valence-electron chi connectivity index (χ0n) is 15.8. The number of nitrogens with one attached hydrogen (secondary N) is 1. The maximum absolute atomic E-state index is 12.2. The fraction of sp³-hybridized carbons (Fsp3) is 0.824. The summed E-state index contributed by atoms with van der Waals surface area (Å²) in [6.07, 6.45) is 1.49. The number of aldehydes is 1. The van der Waals surface area contributed by atoms with Gasteiger partial charge in [0.25, 0.3) is 0 Å². The van der Waals surface area contributed by atoms with Crippen LogP contribution in [0.4, 0.5) is 9.59 Å². The fourth-order valence-electron chi connectivity index (χ4n) is 1.76. The summed E-state index contributed by atoms with van der Waals surface area (Å²) < 4.78 is 10.5. The third-order valence-corrected chi connectivity index (χ3v) is 2.67. The molecule has 0 aliphatic heterocycles. The number of amides is 2. The van der Waals surface area contributed by atoms with Gasteiger partial charge in [-0.3, -0.25) is 0 Å². The largest absolute Gasteiger partial charge is 0.444 e. The van der Waals surface area contributed by atoms with Crippen molar-refractivity contribution in [3.05, 3.63) is 0 Å². The van der Waals surface area contributed by atoms with E-state index in [1.54, 1.807) is 46.4 Å². The summed E-state index contributed by atoms with van der Waals surface area (Å²) in [7, 11) is 0. The quantitative estimate of drug-likeness (QED) is 0.540. The highest BCUT2D eigenvalue weighted by atomic mass is 16.6. The van der Waals surface area contributed by atoms with E-state index in [4.69, 9.17) is 9.47 Å². The summed E-state index contributed by atoms with van der Waals surface area (Å²) in [6.45, 7) is 12.1. The maximum atomic E-state index is 12.2. The minimum absolute atomic E-state index is 0.391. The third kappa shape index (κ3) is 12.7. The summed E-state index contributed by atoms with van der Waals surface area (Å²) in [6, 6.07) is 0. The molecule has 7 heteroatoms. The average Bonchev–Trinajstić information content (AvgIpc) is 2.37. The summed E-state index contributed by atoms with van der Waals surface area (Å²) in [4.78, 5) is 35.7. The normalized spacial score (nSPS) is 11.6. The van der Waals surface area contributed by atoms with Gasteiger partial charge in [-0.25, -0.2) is 9.59 Å². The lowest BCUT2D eigenvalue weighted by Gasteiger charge is -2.27. The van der Waals surface area contributed by atoms with Crippen LogP contribution in [0.3, 0.4) is 0 Å². The van der Waals surface area contributed by atoms with Crippen LogP contribution in [0, 0.1) is 0 Å². The van der Waals surface area contributed by atoms with Gasteiger partial charge in [0.2, 0.25) is 0 Å². The molecule has 7 nitrogen and oxygen atoms in total. The van der Waals surface area contributed by atoms with Crippen molar-refractivity contribution in [1.82, 2.24) is 10.2 Å². The number of unbranched alkanes of at least 4 members (excludes halogenated alkanes) is 1. The van der Waals surface area contributed by atoms with E-state index in [0.717, 1.165) is 6.29 Å². The molecule has 140 valence electrons. The van der Waals surface area contributed by atoms with E-state index in [-0.39, 0.29) is 0 Å². The van der Waals surface area contributed by atoms with E-state index in [1.165, 1.54) is 0 Å². The number of rotatable bonds is 8. The van der Waals surface area contributed by atoms with Crippen LogP contribution in [0.25, 0.3) is 0 Å². The van der Waals surface area contributed by atoms with Crippen molar-refractivity contribution < 1.29 is 23.9 Å². The molecule has 0 bridgehead atoms. The monoisotopic (exact) mass is 344 g/mol. The highest BCUT2D eigenvalue weighted by Crippen LogP contribution is 2.11. The Morgan fingerprint density at radius 2 is 1.50 bits per heavy atom. The Bertz CT molecular complexity index is 410. The number of hydrogen-bond donors (Lipinski definition) is 1. The van der Waals surface area contributed by atoms with Crippen LogP contribution in [-0.2, 0) is 14.3 Å². The van der Waals surface area contributed by atoms with E-state index in [0.29, 0.717) is 38.9 Å². The molecule has 0 radical (unpaired) electrons. The molecular weight excluding hydrogens is 312 g/mol. The van der Waals surface area contributed by atoms with E-state index in [2.05, 4.69) is 5.32 Å². The molecule has 1 N–H and O–H groups in total. The molecule has 0 rings (SSSR count). The van der Waals surface area contributed by atoms with Gasteiger partial charge in [0.1, 0.15) is 17.5 Å². The van der Waals surface area contributed by atoms with Crippen molar-refractivity contribution in [2.45, 2.75) is 72.0 Å². The second kappa shape index (κ2) is 10.2. The molecular formula is C17H32N2O5. The zero-order chi connectivity index (χ0) is 18.8. The van der Waals surface area contributed by atoms with E-state index >= 15 is 0 Å². The average molecular weight is 344 g/mol. The molecule has 2 amide bonds. The smallest absolute Gasteiger partial charge is 0.410 e. The first-order valence-electron chi connectivity index (χ1n) is 8.33. The third-order valence-electron chi connectivity index (χ3n) is 2.67. The molecule has 0 aromatic heterocycles. The summed E-state index contributed by atoms with van der Waals surface area (Å²) in [5.74, 6) is 0. The lowest BCUT2D eigenvalue weighted by molar-refractivity contribution is -0.108. The van der Waals surface area contributed by atoms with Crippen molar-refractivity contribution >= 4 is 18.5 Å². The first-order valence-corrected chi connectivity index (χ1v) is 8.33. The predicted molar refractivity (Wildman–Crippen MR) is 92.0 cm³/mol. The van der Waals surface area contributed by atoms with Gasteiger partial charge in [-0.15, -0.1) is 0 Å². The highest BCUT2D eigenvalue weighted by molar-refractivity contribution is 5.68. The van der Waals surface area contributed by atoms with Crippen molar-refractivity contribution in [3.63, 3.8) is 0 Å². The van der Waals surface area contributed by atoms with Crippen LogP contribution in [0.5, 0.6) is 0 Å². The molecule has 0 heterocycles. The van der Waals surface area contributed by atoms with Crippen molar-refractivity contribution in [2.75, 3.05) is 19.6 Å². The van der Waals surface area contributed by atoms with Crippen LogP contribution in [0.15, 0.2) is 0 Å². The van der Waals surface area contributed by atoms with Crippen LogP contribution in [0.2, 0.25) is 0 Å². The highest BCUT2D eigenvalue weighted by Gasteiger charge is 2.22. The van der Waals surface area contributed by atoms with Gasteiger partial charge >= 0.3 is 12.2 Å². The molecule has 0 aromatic carbocycles. The number of nitrogens with zero attached hydrogens (tertiary/aromatic N) is 1. The zero-order valence-corrected chi connectivity index (χ0v) is 15.8. The lowest BCUT2D eigenvalue weighted by atomic mass is 10.2. The predicted octanol–water partition coefficient (Wildman–Crippen LogP) is 3.12. The van der Waals surface area contributed by atoms with Crippen LogP contribution in [0.1, 0.15) is 60.8 Å². The number of carbonyl (C=O) groups excluding carboxylic acids is 3. The van der Waals surface area contributed by atoms with Gasteiger partial charge in [-0.1, -0.05) is 0 Å². The standard InChI is InChI=1S/C17H32N2O5/c1-16(2,3)23-14(21)18-10-9-12-19(11-7-8-13-20)15(22)24-17(4,5)6/h13H,7-12H2,1-6H3,(H,18,21). The number of hydrogen-bond acceptors (Lipinski definition) is 5. The molecule has 0 spiro atoms. The second-order valence-corrected chi connectivity index (χ2v) is 7.56. The fourth-order valence-corrected chi connectivity index (χ4v) is 1.76. The molecule has 0 fully saturated rings. The van der Waals surface area contributed by atoms with Gasteiger partial charge in [-0.05, 0) is 54.4 Å². The minimum Gasteiger partial charge on any atom is -0.444 e. The van der Waals surface area contributed by atoms with Crippen LogP contribution >= 0.6 is 0 Å². The van der Waals surface area contributed by atoms with Gasteiger partial charge < -0.3 is 24.5 Å². The Balaban J connectivity index is 4.32.